The number of carbonyl (C=O) groups excluding carboxylic acids is 1. The summed E-state index contributed by atoms with van der Waals surface area (Å²) in [5.74, 6) is 0. The second-order valence-electron chi connectivity index (χ2n) is 4.11. The van der Waals surface area contributed by atoms with Gasteiger partial charge in [-0.25, -0.2) is 0 Å². The minimum absolute atomic E-state index is 0.477. The fraction of sp³-hybridized carbons (Fsp3) is 0.800. The van der Waals surface area contributed by atoms with E-state index >= 15 is 0 Å². The minimum Gasteiger partial charge on any atom is -0.349 e. The molecule has 104 valence electrons. The summed E-state index contributed by atoms with van der Waals surface area (Å²) in [6.07, 6.45) is 4.25. The van der Waals surface area contributed by atoms with E-state index in [1.54, 1.807) is 0 Å². The van der Waals surface area contributed by atoms with Gasteiger partial charge in [-0.05, 0) is 25.1 Å². The SMILES string of the molecule is O=CN[C@@H](NC(=S)N1CCCCCC1)C(Cl)(Cl)Cl. The molecule has 1 saturated heterocycles. The quantitative estimate of drug-likeness (QED) is 0.360. The summed E-state index contributed by atoms with van der Waals surface area (Å²) in [5, 5.41) is 5.78. The lowest BCUT2D eigenvalue weighted by molar-refractivity contribution is -0.110. The zero-order chi connectivity index (χ0) is 13.6. The van der Waals surface area contributed by atoms with Crippen molar-refractivity contribution in [3.63, 3.8) is 0 Å². The number of thiocarbonyl (C=S) groups is 1. The molecule has 18 heavy (non-hydrogen) atoms. The second-order valence-corrected chi connectivity index (χ2v) is 6.87. The largest absolute Gasteiger partial charge is 0.349 e. The number of alkyl halides is 3. The van der Waals surface area contributed by atoms with E-state index in [9.17, 15) is 4.79 Å². The Balaban J connectivity index is 2.56. The van der Waals surface area contributed by atoms with Crippen LogP contribution in [0.25, 0.3) is 0 Å². The van der Waals surface area contributed by atoms with E-state index < -0.39 is 9.96 Å². The van der Waals surface area contributed by atoms with Gasteiger partial charge in [-0.15, -0.1) is 0 Å². The van der Waals surface area contributed by atoms with Gasteiger partial charge in [-0.3, -0.25) is 4.79 Å². The lowest BCUT2D eigenvalue weighted by Gasteiger charge is -2.30. The van der Waals surface area contributed by atoms with Crippen molar-refractivity contribution in [2.75, 3.05) is 13.1 Å². The lowest BCUT2D eigenvalue weighted by atomic mass is 10.2. The first-order valence-electron chi connectivity index (χ1n) is 5.77. The van der Waals surface area contributed by atoms with Gasteiger partial charge in [0.25, 0.3) is 0 Å². The molecule has 0 aliphatic carbocycles. The van der Waals surface area contributed by atoms with E-state index in [0.29, 0.717) is 11.5 Å². The minimum atomic E-state index is -1.66. The summed E-state index contributed by atoms with van der Waals surface area (Å²) in [4.78, 5) is 12.5. The van der Waals surface area contributed by atoms with Crippen molar-refractivity contribution in [1.29, 1.82) is 0 Å². The van der Waals surface area contributed by atoms with E-state index in [1.807, 2.05) is 4.90 Å². The maximum Gasteiger partial charge on any atom is 0.228 e. The first-order chi connectivity index (χ1) is 8.45. The summed E-state index contributed by atoms with van der Waals surface area (Å²) < 4.78 is -1.66. The number of likely N-dealkylation sites (tertiary alicyclic amines) is 1. The standard InChI is InChI=1S/C10H16Cl3N3OS/c11-10(12,13)8(14-7-17)15-9(18)16-5-3-1-2-4-6-16/h7-8H,1-6H2,(H,14,17)(H,15,18)/t8-/m0/s1. The smallest absolute Gasteiger partial charge is 0.228 e. The molecule has 8 heteroatoms. The number of hydrogen-bond donors (Lipinski definition) is 2. The predicted molar refractivity (Wildman–Crippen MR) is 79.1 cm³/mol. The summed E-state index contributed by atoms with van der Waals surface area (Å²) in [6, 6.07) is 0. The van der Waals surface area contributed by atoms with Crippen LogP contribution in [-0.4, -0.2) is 39.5 Å². The topological polar surface area (TPSA) is 44.4 Å². The molecule has 1 aliphatic rings. The molecule has 1 atom stereocenters. The normalized spacial score (nSPS) is 18.7. The third-order valence-corrected chi connectivity index (χ3v) is 3.75. The van der Waals surface area contributed by atoms with E-state index in [1.165, 1.54) is 12.8 Å². The Hall–Kier alpha value is 0.0300. The van der Waals surface area contributed by atoms with Crippen LogP contribution in [0.4, 0.5) is 0 Å². The molecule has 0 radical (unpaired) electrons. The average molecular weight is 333 g/mol. The highest BCUT2D eigenvalue weighted by atomic mass is 35.6. The van der Waals surface area contributed by atoms with Crippen molar-refractivity contribution in [2.45, 2.75) is 35.6 Å². The van der Waals surface area contributed by atoms with Crippen LogP contribution in [0.5, 0.6) is 0 Å². The molecule has 0 aromatic rings. The van der Waals surface area contributed by atoms with Crippen LogP contribution in [0.1, 0.15) is 25.7 Å². The van der Waals surface area contributed by atoms with Crippen LogP contribution >= 0.6 is 47.0 Å². The van der Waals surface area contributed by atoms with Gasteiger partial charge < -0.3 is 15.5 Å². The Morgan fingerprint density at radius 1 is 1.22 bits per heavy atom. The number of amides is 1. The van der Waals surface area contributed by atoms with E-state index in [0.717, 1.165) is 25.9 Å². The number of carbonyl (C=O) groups is 1. The molecule has 0 saturated carbocycles. The first kappa shape index (κ1) is 16.1. The number of nitrogens with zero attached hydrogens (tertiary/aromatic N) is 1. The Morgan fingerprint density at radius 2 is 1.78 bits per heavy atom. The van der Waals surface area contributed by atoms with Gasteiger partial charge in [0.2, 0.25) is 10.2 Å². The Morgan fingerprint density at radius 3 is 2.22 bits per heavy atom. The maximum absolute atomic E-state index is 10.5. The molecule has 4 nitrogen and oxygen atoms in total. The average Bonchev–Trinajstić information content (AvgIpc) is 2.55. The van der Waals surface area contributed by atoms with Crippen molar-refractivity contribution in [3.8, 4) is 0 Å². The molecule has 0 aromatic heterocycles. The number of rotatable bonds is 3. The van der Waals surface area contributed by atoms with Crippen molar-refractivity contribution in [1.82, 2.24) is 15.5 Å². The fourth-order valence-corrected chi connectivity index (χ4v) is 2.43. The van der Waals surface area contributed by atoms with Crippen molar-refractivity contribution in [3.05, 3.63) is 0 Å². The van der Waals surface area contributed by atoms with Crippen molar-refractivity contribution in [2.24, 2.45) is 0 Å². The Bertz CT molecular complexity index is 291. The van der Waals surface area contributed by atoms with Gasteiger partial charge in [-0.1, -0.05) is 47.6 Å². The molecule has 1 amide bonds. The molecule has 2 N–H and O–H groups in total. The lowest BCUT2D eigenvalue weighted by Crippen LogP contribution is -2.56. The van der Waals surface area contributed by atoms with E-state index in [2.05, 4.69) is 10.6 Å². The molecule has 1 rings (SSSR count). The van der Waals surface area contributed by atoms with Gasteiger partial charge in [0.1, 0.15) is 6.17 Å². The van der Waals surface area contributed by atoms with Gasteiger partial charge in [0, 0.05) is 13.1 Å². The van der Waals surface area contributed by atoms with E-state index in [4.69, 9.17) is 47.0 Å². The van der Waals surface area contributed by atoms with Crippen LogP contribution in [0.2, 0.25) is 0 Å². The maximum atomic E-state index is 10.5. The van der Waals surface area contributed by atoms with E-state index in [-0.39, 0.29) is 0 Å². The fourth-order valence-electron chi connectivity index (χ4n) is 1.77. The molecule has 1 aliphatic heterocycles. The number of nitrogens with one attached hydrogen (secondary N) is 2. The van der Waals surface area contributed by atoms with Crippen molar-refractivity contribution >= 4 is 58.5 Å². The highest BCUT2D eigenvalue weighted by Gasteiger charge is 2.33. The molecule has 1 fully saturated rings. The van der Waals surface area contributed by atoms with Crippen LogP contribution in [0.15, 0.2) is 0 Å². The molecule has 0 unspecified atom stereocenters. The second kappa shape index (κ2) is 7.58. The van der Waals surface area contributed by atoms with Crippen LogP contribution in [0.3, 0.4) is 0 Å². The Kier molecular flexibility index (Phi) is 6.77. The van der Waals surface area contributed by atoms with Gasteiger partial charge >= 0.3 is 0 Å². The first-order valence-corrected chi connectivity index (χ1v) is 7.31. The monoisotopic (exact) mass is 331 g/mol. The van der Waals surface area contributed by atoms with Gasteiger partial charge in [0.05, 0.1) is 0 Å². The Labute approximate surface area is 127 Å². The van der Waals surface area contributed by atoms with Crippen LogP contribution in [-0.2, 0) is 4.79 Å². The zero-order valence-electron chi connectivity index (χ0n) is 9.79. The summed E-state index contributed by atoms with van der Waals surface area (Å²) in [6.45, 7) is 1.78. The molecule has 0 spiro atoms. The highest BCUT2D eigenvalue weighted by molar-refractivity contribution is 7.80. The van der Waals surface area contributed by atoms with Crippen LogP contribution < -0.4 is 10.6 Å². The van der Waals surface area contributed by atoms with Crippen LogP contribution in [0, 0.1) is 0 Å². The molecular weight excluding hydrogens is 317 g/mol. The van der Waals surface area contributed by atoms with Gasteiger partial charge in [-0.2, -0.15) is 0 Å². The zero-order valence-corrected chi connectivity index (χ0v) is 12.9. The van der Waals surface area contributed by atoms with Crippen molar-refractivity contribution < 1.29 is 4.79 Å². The molecule has 1 heterocycles. The summed E-state index contributed by atoms with van der Waals surface area (Å²) >= 11 is 22.6. The predicted octanol–water partition coefficient (Wildman–Crippen LogP) is 2.18. The molecule has 0 bridgehead atoms. The summed E-state index contributed by atoms with van der Waals surface area (Å²) in [7, 11) is 0. The highest BCUT2D eigenvalue weighted by Crippen LogP contribution is 2.29. The molecule has 0 aromatic carbocycles. The summed E-state index contributed by atoms with van der Waals surface area (Å²) in [5.41, 5.74) is 0. The molecular formula is C10H16Cl3N3OS. The third-order valence-electron chi connectivity index (χ3n) is 2.72. The number of halogens is 3. The van der Waals surface area contributed by atoms with Gasteiger partial charge in [0.15, 0.2) is 5.11 Å². The number of hydrogen-bond acceptors (Lipinski definition) is 2. The third kappa shape index (κ3) is 5.34.